The molecule has 1 N–H and O–H groups in total. The van der Waals surface area contributed by atoms with E-state index >= 15 is 4.39 Å². The number of nitriles is 1. The molecule has 6 aliphatic rings. The number of piperidine rings is 1. The number of rotatable bonds is 8. The molecule has 11 rings (SSSR count). The molecule has 0 spiro atoms. The third-order valence-electron chi connectivity index (χ3n) is 12.5. The Kier molecular flexibility index (Phi) is 7.58. The molecule has 6 heterocycles. The molecule has 3 aliphatic carbocycles. The molecule has 7 atom stereocenters. The minimum absolute atomic E-state index is 0.0684. The van der Waals surface area contributed by atoms with Gasteiger partial charge in [0.15, 0.2) is 5.82 Å². The quantitative estimate of drug-likeness (QED) is 0.172. The molecule has 8 nitrogen and oxygen atoms in total. The summed E-state index contributed by atoms with van der Waals surface area (Å²) in [5.74, 6) is 1.10. The lowest BCUT2D eigenvalue weighted by molar-refractivity contribution is -0.138. The third kappa shape index (κ3) is 4.83. The van der Waals surface area contributed by atoms with Gasteiger partial charge >= 0.3 is 0 Å². The summed E-state index contributed by atoms with van der Waals surface area (Å²) in [5.41, 5.74) is 4.50. The van der Waals surface area contributed by atoms with Crippen LogP contribution in [0.2, 0.25) is 10.0 Å². The fourth-order valence-electron chi connectivity index (χ4n) is 10.0. The van der Waals surface area contributed by atoms with Crippen LogP contribution in [0, 0.1) is 41.8 Å². The van der Waals surface area contributed by atoms with Crippen LogP contribution in [-0.4, -0.2) is 50.1 Å². The molecule has 1 unspecified atom stereocenters. The van der Waals surface area contributed by atoms with Gasteiger partial charge < -0.3 is 19.5 Å². The Hall–Kier alpha value is -4.23. The van der Waals surface area contributed by atoms with Crippen molar-refractivity contribution in [3.63, 3.8) is 0 Å². The molecule has 3 saturated carbocycles. The predicted molar refractivity (Wildman–Crippen MR) is 198 cm³/mol. The van der Waals surface area contributed by atoms with Crippen molar-refractivity contribution < 1.29 is 13.9 Å². The second kappa shape index (κ2) is 12.2. The average Bonchev–Trinajstić information content (AvgIpc) is 3.51. The molecule has 3 aliphatic heterocycles. The Balaban J connectivity index is 1.21. The Labute approximate surface area is 310 Å². The van der Waals surface area contributed by atoms with Gasteiger partial charge in [-0.25, -0.2) is 9.37 Å². The van der Waals surface area contributed by atoms with Gasteiger partial charge in [-0.15, -0.1) is 0 Å². The van der Waals surface area contributed by atoms with Crippen LogP contribution in [0.1, 0.15) is 67.6 Å². The average molecular weight is 736 g/mol. The number of pyridine rings is 2. The molecule has 2 aromatic carbocycles. The summed E-state index contributed by atoms with van der Waals surface area (Å²) >= 11 is 13.1. The molecule has 6 fully saturated rings. The zero-order valence-electron chi connectivity index (χ0n) is 28.7. The van der Waals surface area contributed by atoms with E-state index in [0.29, 0.717) is 39.4 Å². The lowest BCUT2D eigenvalue weighted by Crippen LogP contribution is -2.48. The van der Waals surface area contributed by atoms with Gasteiger partial charge in [-0.1, -0.05) is 35.3 Å². The molecule has 4 bridgehead atoms. The maximum absolute atomic E-state index is 17.3. The van der Waals surface area contributed by atoms with Crippen LogP contribution in [0.4, 0.5) is 4.39 Å². The van der Waals surface area contributed by atoms with Crippen molar-refractivity contribution >= 4 is 50.9 Å². The third-order valence-corrected chi connectivity index (χ3v) is 13.3. The highest BCUT2D eigenvalue weighted by atomic mass is 35.5. The number of halogens is 3. The molecule has 264 valence electrons. The van der Waals surface area contributed by atoms with Crippen molar-refractivity contribution in [1.29, 1.82) is 5.26 Å². The highest BCUT2D eigenvalue weighted by Crippen LogP contribution is 2.57. The number of likely N-dealkylation sites (tertiary alicyclic amines) is 1. The van der Waals surface area contributed by atoms with E-state index in [2.05, 4.69) is 31.9 Å². The first-order chi connectivity index (χ1) is 25.3. The number of benzene rings is 2. The first-order valence-corrected chi connectivity index (χ1v) is 19.2. The largest absolute Gasteiger partial charge is 0.488 e. The van der Waals surface area contributed by atoms with E-state index in [9.17, 15) is 10.1 Å². The van der Waals surface area contributed by atoms with Crippen molar-refractivity contribution in [3.8, 4) is 22.9 Å². The summed E-state index contributed by atoms with van der Waals surface area (Å²) in [4.78, 5) is 25.6. The molecule has 3 saturated heterocycles. The molecule has 0 radical (unpaired) electrons. The number of aryl methyl sites for hydroxylation is 2. The number of ether oxygens (including phenoxy) is 1. The standard InChI is InChI=1S/C41H37Cl2FN6O2/c1-20-27-17-32(40-28-15-24(49(40)41(51)21-9-10-21)16-33(28)52-25-6-4-12-46-19-25)50(38-23-14-31(38)47-18-23)39(27)29-13-22(5-3-11-45)34(36(44)37(29)48-20)26-7-2-8-30(42)35(26)43/h2,4,6-8,12-13,17,19,21,23-24,28,31,33,38,40,47H,3,5,9-10,14-16,18H2,1H3/t23-,24-,28+,31-,33+,38?,40-/m1/s1. The predicted octanol–water partition coefficient (Wildman–Crippen LogP) is 8.51. The van der Waals surface area contributed by atoms with Gasteiger partial charge in [0.05, 0.1) is 39.9 Å². The monoisotopic (exact) mass is 734 g/mol. The maximum Gasteiger partial charge on any atom is 0.226 e. The number of nitrogens with zero attached hydrogens (tertiary/aromatic N) is 5. The van der Waals surface area contributed by atoms with Gasteiger partial charge in [-0.2, -0.15) is 5.26 Å². The number of hydrogen-bond donors (Lipinski definition) is 1. The van der Waals surface area contributed by atoms with E-state index < -0.39 is 5.82 Å². The lowest BCUT2D eigenvalue weighted by atomic mass is 9.79. The number of nitrogens with one attached hydrogen (secondary N) is 1. The number of hydrogen-bond acceptors (Lipinski definition) is 6. The Morgan fingerprint density at radius 1 is 1.13 bits per heavy atom. The summed E-state index contributed by atoms with van der Waals surface area (Å²) in [7, 11) is 0. The van der Waals surface area contributed by atoms with Gasteiger partial charge in [0.1, 0.15) is 17.4 Å². The van der Waals surface area contributed by atoms with E-state index in [1.54, 1.807) is 30.6 Å². The summed E-state index contributed by atoms with van der Waals surface area (Å²) in [5, 5.41) is 15.6. The molecular weight excluding hydrogens is 698 g/mol. The first kappa shape index (κ1) is 32.4. The van der Waals surface area contributed by atoms with E-state index in [4.69, 9.17) is 32.9 Å². The van der Waals surface area contributed by atoms with Gasteiger partial charge in [-0.05, 0) is 80.8 Å². The second-order valence-electron chi connectivity index (χ2n) is 15.4. The van der Waals surface area contributed by atoms with Crippen LogP contribution in [0.25, 0.3) is 32.9 Å². The van der Waals surface area contributed by atoms with E-state index in [0.717, 1.165) is 66.7 Å². The normalized spacial score (nSPS) is 27.4. The first-order valence-electron chi connectivity index (χ1n) is 18.4. The highest BCUT2D eigenvalue weighted by Gasteiger charge is 2.58. The molecule has 11 heteroatoms. The van der Waals surface area contributed by atoms with Crippen LogP contribution in [-0.2, 0) is 11.2 Å². The van der Waals surface area contributed by atoms with E-state index in [1.165, 1.54) is 0 Å². The van der Waals surface area contributed by atoms with E-state index in [-0.39, 0.29) is 65.0 Å². The Bertz CT molecular complexity index is 2320. The molecule has 5 aromatic rings. The van der Waals surface area contributed by atoms with Crippen LogP contribution < -0.4 is 10.1 Å². The van der Waals surface area contributed by atoms with E-state index in [1.807, 2.05) is 25.1 Å². The second-order valence-corrected chi connectivity index (χ2v) is 16.2. The van der Waals surface area contributed by atoms with Crippen molar-refractivity contribution in [3.05, 3.63) is 87.7 Å². The van der Waals surface area contributed by atoms with Gasteiger partial charge in [0.2, 0.25) is 5.91 Å². The number of carbonyl (C=O) groups excluding carboxylic acids is 1. The topological polar surface area (TPSA) is 96.1 Å². The van der Waals surface area contributed by atoms with Crippen LogP contribution >= 0.6 is 23.2 Å². The minimum atomic E-state index is -0.473. The summed E-state index contributed by atoms with van der Waals surface area (Å²) < 4.78 is 26.4. The minimum Gasteiger partial charge on any atom is -0.488 e. The smallest absolute Gasteiger partial charge is 0.226 e. The van der Waals surface area contributed by atoms with Crippen LogP contribution in [0.5, 0.6) is 5.75 Å². The molecule has 3 aromatic heterocycles. The summed E-state index contributed by atoms with van der Waals surface area (Å²) in [6, 6.07) is 15.9. The van der Waals surface area contributed by atoms with Crippen LogP contribution in [0.15, 0.2) is 54.9 Å². The number of amides is 1. The summed E-state index contributed by atoms with van der Waals surface area (Å²) in [6.07, 6.45) is 8.60. The van der Waals surface area contributed by atoms with Gasteiger partial charge in [0.25, 0.3) is 0 Å². The van der Waals surface area contributed by atoms with Crippen LogP contribution in [0.3, 0.4) is 0 Å². The Morgan fingerprint density at radius 3 is 2.73 bits per heavy atom. The lowest BCUT2D eigenvalue weighted by Gasteiger charge is -2.43. The van der Waals surface area contributed by atoms with Crippen molar-refractivity contribution in [2.45, 2.75) is 82.1 Å². The van der Waals surface area contributed by atoms with Crippen molar-refractivity contribution in [2.24, 2.45) is 17.8 Å². The number of carbonyl (C=O) groups is 1. The zero-order valence-corrected chi connectivity index (χ0v) is 30.2. The maximum atomic E-state index is 17.3. The molecule has 52 heavy (non-hydrogen) atoms. The van der Waals surface area contributed by atoms with Gasteiger partial charge in [0, 0.05) is 82.8 Å². The zero-order chi connectivity index (χ0) is 35.4. The van der Waals surface area contributed by atoms with Gasteiger partial charge in [-0.3, -0.25) is 9.78 Å². The number of fused-ring (bicyclic) bond motifs is 6. The highest BCUT2D eigenvalue weighted by molar-refractivity contribution is 6.43. The molecule has 1 amide bonds. The fraction of sp³-hybridized carbons (Fsp3) is 0.415. The van der Waals surface area contributed by atoms with Crippen molar-refractivity contribution in [2.75, 3.05) is 6.54 Å². The Morgan fingerprint density at radius 2 is 2.00 bits per heavy atom. The fourth-order valence-corrected chi connectivity index (χ4v) is 10.4. The van der Waals surface area contributed by atoms with Crippen molar-refractivity contribution in [1.82, 2.24) is 24.8 Å². The molecular formula is C41H37Cl2FN6O2. The number of aromatic nitrogens is 3. The summed E-state index contributed by atoms with van der Waals surface area (Å²) in [6.45, 7) is 2.87. The SMILES string of the molecule is Cc1nc2c(F)c(-c3cccc(Cl)c3Cl)c(CCC#N)cc2c2c1cc([C@H]1[C@H]3C[C@H](C[C@@H]3Oc3cccnc3)N1C(=O)C1CC1)n2C1[C@H]2CN[C@@H]1C2.